The molecule has 1 atom stereocenters. The molecule has 0 amide bonds. The van der Waals surface area contributed by atoms with Crippen molar-refractivity contribution in [2.45, 2.75) is 26.9 Å². The highest BCUT2D eigenvalue weighted by molar-refractivity contribution is 5.70. The maximum Gasteiger partial charge on any atom is 0.300 e. The minimum atomic E-state index is -2.21. The van der Waals surface area contributed by atoms with E-state index in [2.05, 4.69) is 9.83 Å². The number of anilines is 1. The van der Waals surface area contributed by atoms with Crippen LogP contribution in [-0.4, -0.2) is 23.0 Å². The molecule has 0 spiro atoms. The first-order chi connectivity index (χ1) is 12.2. The maximum atomic E-state index is 7.67. The Balaban J connectivity index is 2.13. The predicted octanol–water partition coefficient (Wildman–Crippen LogP) is 3.09. The molecule has 2 aromatic rings. The first kappa shape index (κ1) is 11.7. The first-order valence-corrected chi connectivity index (χ1v) is 7.35. The van der Waals surface area contributed by atoms with Crippen LogP contribution in [0.3, 0.4) is 0 Å². The van der Waals surface area contributed by atoms with E-state index in [1.807, 2.05) is 48.6 Å². The normalized spacial score (nSPS) is 19.2. The van der Waals surface area contributed by atoms with Gasteiger partial charge in [-0.3, -0.25) is 0 Å². The third-order valence-corrected chi connectivity index (χ3v) is 4.13. The van der Waals surface area contributed by atoms with Gasteiger partial charge in [0.2, 0.25) is 0 Å². The van der Waals surface area contributed by atoms with Crippen molar-refractivity contribution in [2.75, 3.05) is 11.9 Å². The lowest BCUT2D eigenvalue weighted by molar-refractivity contribution is -0.606. The summed E-state index contributed by atoms with van der Waals surface area (Å²) >= 11 is 0. The van der Waals surface area contributed by atoms with Crippen LogP contribution < -0.4 is 9.47 Å². The third-order valence-electron chi connectivity index (χ3n) is 4.13. The summed E-state index contributed by atoms with van der Waals surface area (Å²) in [7, 11) is 0. The van der Waals surface area contributed by atoms with E-state index in [1.165, 1.54) is 4.90 Å². The highest BCUT2D eigenvalue weighted by Crippen LogP contribution is 2.33. The number of hydrogen-bond donors (Lipinski definition) is 0. The van der Waals surface area contributed by atoms with Crippen LogP contribution in [0.5, 0.6) is 0 Å². The summed E-state index contributed by atoms with van der Waals surface area (Å²) in [6, 6.07) is 5.46. The van der Waals surface area contributed by atoms with Gasteiger partial charge in [0, 0.05) is 47.7 Å². The first-order valence-electron chi connectivity index (χ1n) is 8.85. The molecule has 0 radical (unpaired) electrons. The zero-order valence-electron chi connectivity index (χ0n) is 16.4. The van der Waals surface area contributed by atoms with Crippen LogP contribution in [0.1, 0.15) is 22.4 Å². The second-order valence-electron chi connectivity index (χ2n) is 5.50. The SMILES string of the molecule is [2H]C([2H])([2H])N1C=CN(c2cc([N+]#[C-])cc(-[n+]3cccnc3C)c2C)[C@@H]1C. The fourth-order valence-corrected chi connectivity index (χ4v) is 2.76. The second-order valence-corrected chi connectivity index (χ2v) is 5.50. The lowest BCUT2D eigenvalue weighted by Gasteiger charge is -2.29. The molecule has 0 fully saturated rings. The molecule has 0 saturated carbocycles. The highest BCUT2D eigenvalue weighted by Gasteiger charge is 2.24. The van der Waals surface area contributed by atoms with Crippen molar-refractivity contribution in [1.82, 2.24) is 9.88 Å². The molecule has 1 aromatic heterocycles. The van der Waals surface area contributed by atoms with E-state index >= 15 is 0 Å². The minimum absolute atomic E-state index is 0.380. The van der Waals surface area contributed by atoms with E-state index in [1.54, 1.807) is 24.7 Å². The fourth-order valence-electron chi connectivity index (χ4n) is 2.76. The number of aromatic nitrogens is 2. The van der Waals surface area contributed by atoms with Crippen LogP contribution in [0.25, 0.3) is 10.5 Å². The van der Waals surface area contributed by atoms with Gasteiger partial charge < -0.3 is 9.80 Å². The van der Waals surface area contributed by atoms with E-state index in [0.717, 1.165) is 22.8 Å². The van der Waals surface area contributed by atoms with E-state index in [-0.39, 0.29) is 6.17 Å². The van der Waals surface area contributed by atoms with Gasteiger partial charge >= 0.3 is 0 Å². The van der Waals surface area contributed by atoms with Gasteiger partial charge in [-0.25, -0.2) is 9.41 Å². The van der Waals surface area contributed by atoms with Crippen molar-refractivity contribution in [1.29, 1.82) is 0 Å². The van der Waals surface area contributed by atoms with Crippen LogP contribution >= 0.6 is 0 Å². The van der Waals surface area contributed by atoms with Gasteiger partial charge in [0.05, 0.1) is 6.57 Å². The molecule has 5 heteroatoms. The molecule has 1 aliphatic heterocycles. The van der Waals surface area contributed by atoms with Gasteiger partial charge in [-0.2, -0.15) is 0 Å². The second kappa shape index (κ2) is 5.73. The Morgan fingerprint density at radius 3 is 2.83 bits per heavy atom. The summed E-state index contributed by atoms with van der Waals surface area (Å²) in [5.41, 5.74) is 3.10. The number of nitrogens with zero attached hydrogens (tertiary/aromatic N) is 5. The van der Waals surface area contributed by atoms with Crippen molar-refractivity contribution < 1.29 is 8.68 Å². The van der Waals surface area contributed by atoms with Crippen molar-refractivity contribution in [3.63, 3.8) is 0 Å². The summed E-state index contributed by atoms with van der Waals surface area (Å²) in [6.45, 7) is 10.9. The Bertz CT molecular complexity index is 914. The van der Waals surface area contributed by atoms with Gasteiger partial charge in [-0.1, -0.05) is 4.98 Å². The summed E-state index contributed by atoms with van der Waals surface area (Å²) in [5.74, 6) is 0.804. The van der Waals surface area contributed by atoms with Gasteiger partial charge in [0.25, 0.3) is 5.82 Å². The molecule has 0 aliphatic carbocycles. The van der Waals surface area contributed by atoms with E-state index in [4.69, 9.17) is 10.7 Å². The van der Waals surface area contributed by atoms with Crippen LogP contribution in [0.2, 0.25) is 0 Å². The third kappa shape index (κ3) is 2.53. The van der Waals surface area contributed by atoms with Crippen molar-refractivity contribution in [2.24, 2.45) is 0 Å². The molecule has 0 saturated heterocycles. The molecule has 1 aliphatic rings. The molecule has 3 rings (SSSR count). The Morgan fingerprint density at radius 2 is 2.17 bits per heavy atom. The van der Waals surface area contributed by atoms with Gasteiger partial charge in [0.1, 0.15) is 24.2 Å². The average molecular weight is 309 g/mol. The topological polar surface area (TPSA) is 27.6 Å². The summed E-state index contributed by atoms with van der Waals surface area (Å²) in [6.07, 6.45) is 6.57. The molecule has 0 unspecified atom stereocenters. The molecule has 0 N–H and O–H groups in total. The molecule has 116 valence electrons. The molecular formula is C18H20N5+. The van der Waals surface area contributed by atoms with Crippen LogP contribution in [-0.2, 0) is 0 Å². The van der Waals surface area contributed by atoms with E-state index in [0.29, 0.717) is 5.69 Å². The lowest BCUT2D eigenvalue weighted by atomic mass is 10.1. The zero-order valence-corrected chi connectivity index (χ0v) is 13.4. The lowest BCUT2D eigenvalue weighted by Crippen LogP contribution is -2.37. The number of benzene rings is 1. The predicted molar refractivity (Wildman–Crippen MR) is 90.3 cm³/mol. The fraction of sp³-hybridized carbons (Fsp3) is 0.278. The van der Waals surface area contributed by atoms with Gasteiger partial charge in [-0.15, -0.1) is 0 Å². The Hall–Kier alpha value is -2.87. The number of hydrogen-bond acceptors (Lipinski definition) is 3. The van der Waals surface area contributed by atoms with Gasteiger partial charge in [0.15, 0.2) is 5.69 Å². The van der Waals surface area contributed by atoms with Crippen LogP contribution in [0, 0.1) is 20.4 Å². The number of aryl methyl sites for hydroxylation is 1. The molecule has 5 nitrogen and oxygen atoms in total. The quantitative estimate of drug-likeness (QED) is 0.630. The molecule has 0 bridgehead atoms. The van der Waals surface area contributed by atoms with Crippen LogP contribution in [0.4, 0.5) is 11.4 Å². The largest absolute Gasteiger partial charge is 0.359 e. The van der Waals surface area contributed by atoms with Gasteiger partial charge in [-0.05, 0) is 26.0 Å². The minimum Gasteiger partial charge on any atom is -0.359 e. The molecular weight excluding hydrogens is 286 g/mol. The Labute approximate surface area is 141 Å². The Morgan fingerprint density at radius 1 is 1.35 bits per heavy atom. The summed E-state index contributed by atoms with van der Waals surface area (Å²) < 4.78 is 24.9. The van der Waals surface area contributed by atoms with E-state index in [9.17, 15) is 0 Å². The molecule has 23 heavy (non-hydrogen) atoms. The average Bonchev–Trinajstić information content (AvgIpc) is 2.97. The molecule has 1 aromatic carbocycles. The Kier molecular flexibility index (Phi) is 2.91. The zero-order chi connectivity index (χ0) is 19.1. The molecule has 2 heterocycles. The summed E-state index contributed by atoms with van der Waals surface area (Å²) in [5, 5.41) is 0. The maximum absolute atomic E-state index is 7.67. The van der Waals surface area contributed by atoms with Crippen LogP contribution in [0.15, 0.2) is 43.0 Å². The van der Waals surface area contributed by atoms with E-state index < -0.39 is 6.98 Å². The standard InChI is InChI=1S/C18H20N5/c1-13-17(22-8-6-7-20-14(22)2)11-16(19-4)12-18(13)23-10-9-21(5)15(23)3/h6-12,15H,1-3,5H3/q+1/t15-/m1/s1/i5D3. The number of rotatable bonds is 2. The van der Waals surface area contributed by atoms with Crippen molar-refractivity contribution in [3.05, 3.63) is 65.8 Å². The smallest absolute Gasteiger partial charge is 0.300 e. The van der Waals surface area contributed by atoms with Crippen molar-refractivity contribution in [3.8, 4) is 5.69 Å². The van der Waals surface area contributed by atoms with Crippen molar-refractivity contribution >= 4 is 11.4 Å². The monoisotopic (exact) mass is 309 g/mol. The highest BCUT2D eigenvalue weighted by atomic mass is 15.4. The summed E-state index contributed by atoms with van der Waals surface area (Å²) in [4.78, 5) is 11.1.